The highest BCUT2D eigenvalue weighted by atomic mass is 32.1. The molecule has 0 spiro atoms. The second-order valence-electron chi connectivity index (χ2n) is 5.41. The lowest BCUT2D eigenvalue weighted by Gasteiger charge is -2.03. The van der Waals surface area contributed by atoms with Gasteiger partial charge in [0.05, 0.1) is 11.2 Å². The fourth-order valence-corrected chi connectivity index (χ4v) is 3.25. The molecule has 4 rings (SSSR count). The van der Waals surface area contributed by atoms with Gasteiger partial charge < -0.3 is 4.74 Å². The topological polar surface area (TPSA) is 69.9 Å². The summed E-state index contributed by atoms with van der Waals surface area (Å²) < 4.78 is 6.85. The minimum absolute atomic E-state index is 0.0240. The maximum Gasteiger partial charge on any atom is 0.328 e. The van der Waals surface area contributed by atoms with Crippen molar-refractivity contribution in [3.63, 3.8) is 0 Å². The highest BCUT2D eigenvalue weighted by Gasteiger charge is 2.11. The highest BCUT2D eigenvalue weighted by Crippen LogP contribution is 2.23. The van der Waals surface area contributed by atoms with Crippen molar-refractivity contribution >= 4 is 28.3 Å². The first-order valence-corrected chi connectivity index (χ1v) is 8.61. The van der Waals surface area contributed by atoms with Crippen LogP contribution in [0.4, 0.5) is 0 Å². The van der Waals surface area contributed by atoms with E-state index in [1.165, 1.54) is 16.0 Å². The van der Waals surface area contributed by atoms with Crippen LogP contribution in [0.25, 0.3) is 21.6 Å². The lowest BCUT2D eigenvalue weighted by Crippen LogP contribution is -2.14. The molecule has 6 nitrogen and oxygen atoms in total. The van der Waals surface area contributed by atoms with E-state index >= 15 is 0 Å². The van der Waals surface area contributed by atoms with E-state index in [0.29, 0.717) is 0 Å². The van der Waals surface area contributed by atoms with Gasteiger partial charge in [-0.25, -0.2) is 9.67 Å². The molecule has 25 heavy (non-hydrogen) atoms. The van der Waals surface area contributed by atoms with Crippen LogP contribution in [0.2, 0.25) is 0 Å². The van der Waals surface area contributed by atoms with Crippen LogP contribution < -0.4 is 0 Å². The summed E-state index contributed by atoms with van der Waals surface area (Å²) in [6, 6.07) is 17.4. The van der Waals surface area contributed by atoms with Crippen molar-refractivity contribution in [1.82, 2.24) is 20.0 Å². The molecule has 124 valence electrons. The second kappa shape index (κ2) is 6.82. The Morgan fingerprint density at radius 3 is 2.76 bits per heavy atom. The number of rotatable bonds is 5. The van der Waals surface area contributed by atoms with Gasteiger partial charge in [0.1, 0.15) is 23.7 Å². The van der Waals surface area contributed by atoms with Gasteiger partial charge in [-0.1, -0.05) is 47.7 Å². The Morgan fingerprint density at radius 2 is 1.88 bits per heavy atom. The van der Waals surface area contributed by atoms with E-state index in [1.54, 1.807) is 0 Å². The van der Waals surface area contributed by atoms with Gasteiger partial charge in [0, 0.05) is 10.9 Å². The standard InChI is InChI=1S/C18H14N4O2S/c23-17(10-22-16-9-5-4-8-15(16)20-21-22)24-11-14-12-25-18(19-14)13-6-2-1-3-7-13/h1-9,12H,10-11H2. The normalized spacial score (nSPS) is 10.9. The average Bonchev–Trinajstić information content (AvgIpc) is 3.28. The molecule has 0 saturated heterocycles. The third-order valence-corrected chi connectivity index (χ3v) is 4.59. The molecule has 0 aliphatic carbocycles. The van der Waals surface area contributed by atoms with Gasteiger partial charge in [-0.05, 0) is 12.1 Å². The van der Waals surface area contributed by atoms with Crippen molar-refractivity contribution in [2.24, 2.45) is 0 Å². The number of hydrogen-bond donors (Lipinski definition) is 0. The maximum absolute atomic E-state index is 12.1. The molecule has 4 aromatic rings. The van der Waals surface area contributed by atoms with Crippen LogP contribution in [0.1, 0.15) is 5.69 Å². The smallest absolute Gasteiger partial charge is 0.328 e. The number of fused-ring (bicyclic) bond motifs is 1. The van der Waals surface area contributed by atoms with E-state index in [0.717, 1.165) is 27.3 Å². The third kappa shape index (κ3) is 3.41. The summed E-state index contributed by atoms with van der Waals surface area (Å²) in [6.07, 6.45) is 0. The van der Waals surface area contributed by atoms with Crippen LogP contribution in [-0.2, 0) is 22.7 Å². The molecule has 0 aliphatic rings. The number of aromatic nitrogens is 4. The molecule has 0 amide bonds. The molecular formula is C18H14N4O2S. The summed E-state index contributed by atoms with van der Waals surface area (Å²) in [6.45, 7) is 0.172. The van der Waals surface area contributed by atoms with Gasteiger partial charge in [-0.2, -0.15) is 0 Å². The molecule has 0 unspecified atom stereocenters. The van der Waals surface area contributed by atoms with Crippen molar-refractivity contribution in [3.8, 4) is 10.6 Å². The zero-order valence-electron chi connectivity index (χ0n) is 13.2. The summed E-state index contributed by atoms with van der Waals surface area (Å²) in [4.78, 5) is 16.6. The molecule has 0 atom stereocenters. The van der Waals surface area contributed by atoms with E-state index in [1.807, 2.05) is 60.0 Å². The van der Waals surface area contributed by atoms with Crippen LogP contribution in [-0.4, -0.2) is 25.9 Å². The number of thiazole rings is 1. The van der Waals surface area contributed by atoms with Crippen molar-refractivity contribution < 1.29 is 9.53 Å². The van der Waals surface area contributed by atoms with E-state index in [-0.39, 0.29) is 19.1 Å². The summed E-state index contributed by atoms with van der Waals surface area (Å²) >= 11 is 1.53. The Balaban J connectivity index is 1.38. The molecule has 0 bridgehead atoms. The minimum atomic E-state index is -0.370. The quantitative estimate of drug-likeness (QED) is 0.517. The Kier molecular flexibility index (Phi) is 4.22. The molecule has 0 fully saturated rings. The Morgan fingerprint density at radius 1 is 1.08 bits per heavy atom. The number of nitrogens with zero attached hydrogens (tertiary/aromatic N) is 4. The molecule has 0 radical (unpaired) electrons. The zero-order chi connectivity index (χ0) is 17.1. The van der Waals surface area contributed by atoms with E-state index < -0.39 is 0 Å². The predicted molar refractivity (Wildman–Crippen MR) is 94.9 cm³/mol. The number of hydrogen-bond acceptors (Lipinski definition) is 6. The molecular weight excluding hydrogens is 336 g/mol. The summed E-state index contributed by atoms with van der Waals surface area (Å²) in [5.74, 6) is -0.370. The second-order valence-corrected chi connectivity index (χ2v) is 6.26. The van der Waals surface area contributed by atoms with Crippen LogP contribution in [0.5, 0.6) is 0 Å². The Hall–Kier alpha value is -3.06. The Bertz CT molecular complexity index is 1010. The number of ether oxygens (including phenoxy) is 1. The lowest BCUT2D eigenvalue weighted by molar-refractivity contribution is -0.145. The molecule has 2 heterocycles. The fourth-order valence-electron chi connectivity index (χ4n) is 2.44. The molecule has 2 aromatic carbocycles. The molecule has 2 aromatic heterocycles. The van der Waals surface area contributed by atoms with Crippen molar-refractivity contribution in [3.05, 3.63) is 65.7 Å². The van der Waals surface area contributed by atoms with Gasteiger partial charge in [-0.3, -0.25) is 4.79 Å². The van der Waals surface area contributed by atoms with Gasteiger partial charge >= 0.3 is 5.97 Å². The lowest BCUT2D eigenvalue weighted by atomic mass is 10.2. The maximum atomic E-state index is 12.1. The number of esters is 1. The summed E-state index contributed by atoms with van der Waals surface area (Å²) in [5.41, 5.74) is 3.35. The summed E-state index contributed by atoms with van der Waals surface area (Å²) in [7, 11) is 0. The van der Waals surface area contributed by atoms with Crippen molar-refractivity contribution in [2.45, 2.75) is 13.2 Å². The molecule has 7 heteroatoms. The van der Waals surface area contributed by atoms with Crippen LogP contribution in [0.15, 0.2) is 60.0 Å². The van der Waals surface area contributed by atoms with Crippen molar-refractivity contribution in [1.29, 1.82) is 0 Å². The van der Waals surface area contributed by atoms with E-state index in [9.17, 15) is 4.79 Å². The van der Waals surface area contributed by atoms with Crippen LogP contribution >= 0.6 is 11.3 Å². The fraction of sp³-hybridized carbons (Fsp3) is 0.111. The molecule has 0 saturated carbocycles. The van der Waals surface area contributed by atoms with Crippen molar-refractivity contribution in [2.75, 3.05) is 0 Å². The number of carbonyl (C=O) groups excluding carboxylic acids is 1. The first-order chi connectivity index (χ1) is 12.3. The largest absolute Gasteiger partial charge is 0.458 e. The monoisotopic (exact) mass is 350 g/mol. The Labute approximate surface area is 147 Å². The van der Waals surface area contributed by atoms with Crippen LogP contribution in [0, 0.1) is 0 Å². The van der Waals surface area contributed by atoms with Gasteiger partial charge in [0.2, 0.25) is 0 Å². The average molecular weight is 350 g/mol. The zero-order valence-corrected chi connectivity index (χ0v) is 14.0. The highest BCUT2D eigenvalue weighted by molar-refractivity contribution is 7.13. The third-order valence-electron chi connectivity index (χ3n) is 3.65. The first kappa shape index (κ1) is 15.5. The van der Waals surface area contributed by atoms with Gasteiger partial charge in [0.25, 0.3) is 0 Å². The number of benzene rings is 2. The van der Waals surface area contributed by atoms with E-state index in [4.69, 9.17) is 4.74 Å². The predicted octanol–water partition coefficient (Wildman–Crippen LogP) is 3.30. The summed E-state index contributed by atoms with van der Waals surface area (Å²) in [5, 5.41) is 10.8. The number of carbonyl (C=O) groups is 1. The van der Waals surface area contributed by atoms with Gasteiger partial charge in [0.15, 0.2) is 0 Å². The first-order valence-electron chi connectivity index (χ1n) is 7.73. The molecule has 0 aliphatic heterocycles. The minimum Gasteiger partial charge on any atom is -0.458 e. The SMILES string of the molecule is O=C(Cn1nnc2ccccc21)OCc1csc(-c2ccccc2)n1. The van der Waals surface area contributed by atoms with E-state index in [2.05, 4.69) is 15.3 Å². The van der Waals surface area contributed by atoms with Crippen LogP contribution in [0.3, 0.4) is 0 Å². The van der Waals surface area contributed by atoms with Gasteiger partial charge in [-0.15, -0.1) is 16.4 Å². The number of para-hydroxylation sites is 1. The molecule has 0 N–H and O–H groups in total.